The highest BCUT2D eigenvalue weighted by Gasteiger charge is 2.34. The Labute approximate surface area is 182 Å². The summed E-state index contributed by atoms with van der Waals surface area (Å²) in [7, 11) is 1.46. The second kappa shape index (κ2) is 8.78. The molecule has 0 bridgehead atoms. The monoisotopic (exact) mass is 453 g/mol. The number of hydrogen-bond acceptors (Lipinski definition) is 6. The molecule has 0 aliphatic carbocycles. The van der Waals surface area contributed by atoms with E-state index in [0.717, 1.165) is 6.07 Å². The normalized spacial score (nSPS) is 12.2. The number of fused-ring (bicyclic) bond motifs is 1. The largest absolute Gasteiger partial charge is 0.493 e. The summed E-state index contributed by atoms with van der Waals surface area (Å²) in [4.78, 5) is 8.67. The van der Waals surface area contributed by atoms with Crippen molar-refractivity contribution in [1.82, 2.24) is 9.97 Å². The van der Waals surface area contributed by atoms with E-state index in [1.54, 1.807) is 32.9 Å². The van der Waals surface area contributed by atoms with Gasteiger partial charge in [0.1, 0.15) is 24.1 Å². The Morgan fingerprint density at radius 3 is 2.44 bits per heavy atom. The topological polar surface area (TPSA) is 76.5 Å². The minimum absolute atomic E-state index is 0.0141. The van der Waals surface area contributed by atoms with Crippen molar-refractivity contribution in [3.05, 3.63) is 53.1 Å². The van der Waals surface area contributed by atoms with Crippen molar-refractivity contribution in [3.63, 3.8) is 0 Å². The summed E-state index contributed by atoms with van der Waals surface area (Å²) in [5.41, 5.74) is -2.08. The number of ether oxygens (including phenoxy) is 2. The highest BCUT2D eigenvalue weighted by atomic mass is 19.4. The number of alkyl halides is 3. The van der Waals surface area contributed by atoms with Crippen LogP contribution in [0.25, 0.3) is 10.9 Å². The Morgan fingerprint density at radius 2 is 1.81 bits per heavy atom. The molecule has 0 aliphatic heterocycles. The molecule has 0 spiro atoms. The van der Waals surface area contributed by atoms with Gasteiger partial charge in [-0.15, -0.1) is 0 Å². The average molecular weight is 453 g/mol. The van der Waals surface area contributed by atoms with Crippen LogP contribution >= 0.6 is 0 Å². The van der Waals surface area contributed by atoms with Gasteiger partial charge in [-0.1, -0.05) is 12.1 Å². The molecule has 0 atom stereocenters. The molecule has 6 nitrogen and oxygen atoms in total. The molecule has 0 fully saturated rings. The lowest BCUT2D eigenvalue weighted by Crippen LogP contribution is -2.28. The highest BCUT2D eigenvalue weighted by Crippen LogP contribution is 2.36. The first kappa shape index (κ1) is 23.5. The number of nitrogens with zero attached hydrogens (tertiary/aromatic N) is 2. The van der Waals surface area contributed by atoms with Crippen LogP contribution in [0.1, 0.15) is 30.8 Å². The second-order valence-electron chi connectivity index (χ2n) is 7.87. The van der Waals surface area contributed by atoms with Crippen molar-refractivity contribution in [3.8, 4) is 11.5 Å². The van der Waals surface area contributed by atoms with E-state index in [1.807, 2.05) is 0 Å². The average Bonchev–Trinajstić information content (AvgIpc) is 2.69. The number of nitrogens with one attached hydrogen (secondary N) is 1. The first-order valence-corrected chi connectivity index (χ1v) is 9.69. The molecule has 1 aromatic heterocycles. The first-order chi connectivity index (χ1) is 14.9. The highest BCUT2D eigenvalue weighted by molar-refractivity contribution is 5.91. The van der Waals surface area contributed by atoms with Gasteiger partial charge in [0.05, 0.1) is 23.8 Å². The van der Waals surface area contributed by atoms with Crippen LogP contribution in [0.15, 0.2) is 30.3 Å². The van der Waals surface area contributed by atoms with Crippen LogP contribution in [-0.4, -0.2) is 34.4 Å². The van der Waals surface area contributed by atoms with Crippen molar-refractivity contribution in [2.24, 2.45) is 0 Å². The van der Waals surface area contributed by atoms with Crippen molar-refractivity contribution in [1.29, 1.82) is 0 Å². The van der Waals surface area contributed by atoms with Crippen molar-refractivity contribution in [2.45, 2.75) is 39.1 Å². The molecule has 2 N–H and O–H groups in total. The standard InChI is InChI=1S/C22H23F4N3O3/c1-12-28-16-9-17(31-4)18(32-11-21(2,3)30)8-14(16)20(29-12)27-10-13-6-5-7-15(19(13)23)22(24,25)26/h5-9,30H,10-11H2,1-4H3,(H,27,28,29). The fourth-order valence-electron chi connectivity index (χ4n) is 3.03. The number of aryl methyl sites for hydroxylation is 1. The van der Waals surface area contributed by atoms with E-state index in [9.17, 15) is 22.7 Å². The predicted molar refractivity (Wildman–Crippen MR) is 111 cm³/mol. The fourth-order valence-corrected chi connectivity index (χ4v) is 3.03. The van der Waals surface area contributed by atoms with E-state index in [-0.39, 0.29) is 18.7 Å². The fraction of sp³-hybridized carbons (Fsp3) is 0.364. The number of anilines is 1. The third-order valence-corrected chi connectivity index (χ3v) is 4.50. The maximum atomic E-state index is 14.4. The van der Waals surface area contributed by atoms with Crippen molar-refractivity contribution < 1.29 is 32.1 Å². The zero-order chi connectivity index (χ0) is 23.7. The summed E-state index contributed by atoms with van der Waals surface area (Å²) in [6.45, 7) is 4.58. The summed E-state index contributed by atoms with van der Waals surface area (Å²) < 4.78 is 64.4. The summed E-state index contributed by atoms with van der Waals surface area (Å²) in [6.07, 6.45) is -4.79. The smallest absolute Gasteiger partial charge is 0.419 e. The molecule has 0 saturated carbocycles. The lowest BCUT2D eigenvalue weighted by atomic mass is 10.1. The zero-order valence-corrected chi connectivity index (χ0v) is 18.0. The molecule has 1 heterocycles. The third-order valence-electron chi connectivity index (χ3n) is 4.50. The lowest BCUT2D eigenvalue weighted by molar-refractivity contribution is -0.140. The van der Waals surface area contributed by atoms with Gasteiger partial charge in [-0.3, -0.25) is 0 Å². The summed E-state index contributed by atoms with van der Waals surface area (Å²) in [5, 5.41) is 13.3. The molecule has 172 valence electrons. The van der Waals surface area contributed by atoms with Gasteiger partial charge >= 0.3 is 6.18 Å². The molecule has 3 rings (SSSR count). The van der Waals surface area contributed by atoms with Crippen LogP contribution in [0, 0.1) is 12.7 Å². The Kier molecular flexibility index (Phi) is 6.45. The van der Waals surface area contributed by atoms with Gasteiger partial charge < -0.3 is 19.9 Å². The van der Waals surface area contributed by atoms with Crippen molar-refractivity contribution >= 4 is 16.7 Å². The zero-order valence-electron chi connectivity index (χ0n) is 18.0. The van der Waals surface area contributed by atoms with E-state index < -0.39 is 23.2 Å². The van der Waals surface area contributed by atoms with Crippen LogP contribution in [0.4, 0.5) is 23.4 Å². The minimum Gasteiger partial charge on any atom is -0.493 e. The van der Waals surface area contributed by atoms with Crippen molar-refractivity contribution in [2.75, 3.05) is 19.0 Å². The number of hydrogen-bond donors (Lipinski definition) is 2. The van der Waals surface area contributed by atoms with Gasteiger partial charge in [-0.05, 0) is 32.9 Å². The van der Waals surface area contributed by atoms with E-state index in [0.29, 0.717) is 40.1 Å². The maximum Gasteiger partial charge on any atom is 0.419 e. The molecule has 0 aliphatic rings. The Balaban J connectivity index is 1.98. The second-order valence-corrected chi connectivity index (χ2v) is 7.87. The molecule has 10 heteroatoms. The molecule has 32 heavy (non-hydrogen) atoms. The molecule has 2 aromatic carbocycles. The number of halogens is 4. The number of rotatable bonds is 7. The Bertz CT molecular complexity index is 1130. The molecular formula is C22H23F4N3O3. The molecule has 0 radical (unpaired) electrons. The van der Waals surface area contributed by atoms with Gasteiger partial charge in [-0.25, -0.2) is 14.4 Å². The number of aromatic nitrogens is 2. The van der Waals surface area contributed by atoms with E-state index in [2.05, 4.69) is 15.3 Å². The molecule has 0 amide bonds. The van der Waals surface area contributed by atoms with Gasteiger partial charge in [0.2, 0.25) is 0 Å². The summed E-state index contributed by atoms with van der Waals surface area (Å²) in [6, 6.07) is 6.35. The number of aliphatic hydroxyl groups is 1. The lowest BCUT2D eigenvalue weighted by Gasteiger charge is -2.20. The summed E-state index contributed by atoms with van der Waals surface area (Å²) in [5.74, 6) is 0.0628. The van der Waals surface area contributed by atoms with E-state index in [1.165, 1.54) is 13.2 Å². The van der Waals surface area contributed by atoms with Crippen LogP contribution < -0.4 is 14.8 Å². The first-order valence-electron chi connectivity index (χ1n) is 9.69. The molecular weight excluding hydrogens is 430 g/mol. The van der Waals surface area contributed by atoms with Gasteiger partial charge in [-0.2, -0.15) is 13.2 Å². The van der Waals surface area contributed by atoms with Crippen LogP contribution in [0.5, 0.6) is 11.5 Å². The quantitative estimate of drug-likeness (QED) is 0.498. The van der Waals surface area contributed by atoms with Crippen LogP contribution in [0.3, 0.4) is 0 Å². The van der Waals surface area contributed by atoms with E-state index >= 15 is 0 Å². The number of benzene rings is 2. The maximum absolute atomic E-state index is 14.4. The predicted octanol–water partition coefficient (Wildman–Crippen LogP) is 4.87. The van der Waals surface area contributed by atoms with E-state index in [4.69, 9.17) is 9.47 Å². The molecule has 3 aromatic rings. The Hall–Kier alpha value is -3.14. The van der Waals surface area contributed by atoms with Gasteiger partial charge in [0, 0.05) is 23.6 Å². The van der Waals surface area contributed by atoms with Crippen LogP contribution in [-0.2, 0) is 12.7 Å². The SMILES string of the molecule is COc1cc2nc(C)nc(NCc3cccc(C(F)(F)F)c3F)c2cc1OCC(C)(C)O. The third kappa shape index (κ3) is 5.37. The molecule has 0 unspecified atom stereocenters. The molecule has 0 saturated heterocycles. The van der Waals surface area contributed by atoms with Crippen LogP contribution in [0.2, 0.25) is 0 Å². The number of methoxy groups -OCH3 is 1. The Morgan fingerprint density at radius 1 is 1.09 bits per heavy atom. The summed E-state index contributed by atoms with van der Waals surface area (Å²) >= 11 is 0. The van der Waals surface area contributed by atoms with Gasteiger partial charge in [0.25, 0.3) is 0 Å². The minimum atomic E-state index is -4.79. The van der Waals surface area contributed by atoms with Gasteiger partial charge in [0.15, 0.2) is 11.5 Å².